The predicted molar refractivity (Wildman–Crippen MR) is 114 cm³/mol. The van der Waals surface area contributed by atoms with Crippen LogP contribution in [0.4, 0.5) is 5.82 Å². The molecule has 2 aromatic carbocycles. The van der Waals surface area contributed by atoms with Gasteiger partial charge in [-0.15, -0.1) is 10.2 Å². The number of ether oxygens (including phenoxy) is 1. The Morgan fingerprint density at radius 3 is 2.71 bits per heavy atom. The van der Waals surface area contributed by atoms with Crippen LogP contribution in [0.25, 0.3) is 11.4 Å². The normalized spacial score (nSPS) is 10.6. The third-order valence-corrected chi connectivity index (χ3v) is 4.68. The number of methoxy groups -OCH3 is 1. The Hall–Kier alpha value is -4.27. The van der Waals surface area contributed by atoms with Gasteiger partial charge >= 0.3 is 5.97 Å². The number of aromatic carboxylic acids is 1. The molecule has 31 heavy (non-hydrogen) atoms. The number of pyridine rings is 1. The fraction of sp³-hybridized carbons (Fsp3) is 0.136. The molecule has 0 fully saturated rings. The Kier molecular flexibility index (Phi) is 5.84. The summed E-state index contributed by atoms with van der Waals surface area (Å²) in [4.78, 5) is 17.0. The molecule has 0 atom stereocenters. The van der Waals surface area contributed by atoms with Crippen LogP contribution in [0.1, 0.15) is 21.5 Å². The van der Waals surface area contributed by atoms with E-state index in [1.807, 2.05) is 36.4 Å². The van der Waals surface area contributed by atoms with Crippen LogP contribution < -0.4 is 10.1 Å². The second-order valence-corrected chi connectivity index (χ2v) is 6.70. The number of nitrogens with zero attached hydrogens (tertiary/aromatic N) is 5. The standard InChI is InChI=1S/C22H20N6O3/c1-31-19-12-15(9-10-16(19)13-24-20-8-4-5-11-23-20)21-25-27-28(26-21)14-17-6-2-3-7-18(17)22(29)30/h2-12H,13-14H2,1H3,(H,23,24)(H,29,30). The van der Waals surface area contributed by atoms with Gasteiger partial charge in [0.2, 0.25) is 5.82 Å². The predicted octanol–water partition coefficient (Wildman–Crippen LogP) is 3.10. The van der Waals surface area contributed by atoms with Crippen LogP contribution in [-0.4, -0.2) is 43.4 Å². The molecular formula is C22H20N6O3. The van der Waals surface area contributed by atoms with E-state index < -0.39 is 5.97 Å². The summed E-state index contributed by atoms with van der Waals surface area (Å²) in [7, 11) is 1.61. The number of hydrogen-bond donors (Lipinski definition) is 2. The molecule has 0 aliphatic heterocycles. The second-order valence-electron chi connectivity index (χ2n) is 6.70. The summed E-state index contributed by atoms with van der Waals surface area (Å²) >= 11 is 0. The zero-order valence-corrected chi connectivity index (χ0v) is 16.8. The Labute approximate surface area is 178 Å². The van der Waals surface area contributed by atoms with Gasteiger partial charge in [0.05, 0.1) is 19.2 Å². The molecule has 0 aliphatic carbocycles. The fourth-order valence-electron chi connectivity index (χ4n) is 3.13. The van der Waals surface area contributed by atoms with E-state index in [2.05, 4.69) is 25.7 Å². The van der Waals surface area contributed by atoms with Gasteiger partial charge in [-0.1, -0.05) is 36.4 Å². The van der Waals surface area contributed by atoms with E-state index in [1.165, 1.54) is 4.80 Å². The van der Waals surface area contributed by atoms with E-state index in [0.29, 0.717) is 23.7 Å². The van der Waals surface area contributed by atoms with Crippen molar-refractivity contribution < 1.29 is 14.6 Å². The van der Waals surface area contributed by atoms with E-state index in [4.69, 9.17) is 4.74 Å². The minimum Gasteiger partial charge on any atom is -0.496 e. The minimum absolute atomic E-state index is 0.207. The summed E-state index contributed by atoms with van der Waals surface area (Å²) in [6.45, 7) is 0.755. The van der Waals surface area contributed by atoms with Crippen LogP contribution in [0.5, 0.6) is 5.75 Å². The number of tetrazole rings is 1. The number of aromatic nitrogens is 5. The zero-order chi connectivity index (χ0) is 21.6. The second kappa shape index (κ2) is 9.04. The Bertz CT molecular complexity index is 1190. The average Bonchev–Trinajstić information content (AvgIpc) is 3.27. The number of carboxylic acids is 1. The van der Waals surface area contributed by atoms with Gasteiger partial charge in [-0.25, -0.2) is 9.78 Å². The van der Waals surface area contributed by atoms with Crippen molar-refractivity contribution in [3.8, 4) is 17.1 Å². The number of carbonyl (C=O) groups is 1. The molecular weight excluding hydrogens is 396 g/mol. The summed E-state index contributed by atoms with van der Waals surface area (Å²) in [6.07, 6.45) is 1.73. The highest BCUT2D eigenvalue weighted by Gasteiger charge is 2.13. The lowest BCUT2D eigenvalue weighted by Gasteiger charge is -2.11. The Morgan fingerprint density at radius 2 is 1.94 bits per heavy atom. The largest absolute Gasteiger partial charge is 0.496 e. The van der Waals surface area contributed by atoms with Crippen LogP contribution >= 0.6 is 0 Å². The first-order valence-electron chi connectivity index (χ1n) is 9.55. The van der Waals surface area contributed by atoms with Crippen LogP contribution in [0.15, 0.2) is 66.9 Å². The number of anilines is 1. The molecule has 0 amide bonds. The summed E-state index contributed by atoms with van der Waals surface area (Å²) < 4.78 is 5.53. The number of nitrogens with one attached hydrogen (secondary N) is 1. The molecule has 9 heteroatoms. The van der Waals surface area contributed by atoms with Crippen LogP contribution in [-0.2, 0) is 13.1 Å². The fourth-order valence-corrected chi connectivity index (χ4v) is 3.13. The molecule has 0 aliphatic rings. The Morgan fingerprint density at radius 1 is 1.10 bits per heavy atom. The van der Waals surface area contributed by atoms with Gasteiger partial charge in [0, 0.05) is 23.9 Å². The molecule has 2 heterocycles. The van der Waals surface area contributed by atoms with Crippen molar-refractivity contribution in [2.45, 2.75) is 13.1 Å². The van der Waals surface area contributed by atoms with Crippen molar-refractivity contribution in [1.29, 1.82) is 0 Å². The van der Waals surface area contributed by atoms with Crippen molar-refractivity contribution in [2.75, 3.05) is 12.4 Å². The zero-order valence-electron chi connectivity index (χ0n) is 16.8. The first kappa shape index (κ1) is 20.0. The monoisotopic (exact) mass is 416 g/mol. The number of benzene rings is 2. The highest BCUT2D eigenvalue weighted by Crippen LogP contribution is 2.26. The number of hydrogen-bond acceptors (Lipinski definition) is 7. The first-order chi connectivity index (χ1) is 15.1. The molecule has 0 spiro atoms. The van der Waals surface area contributed by atoms with Gasteiger partial charge in [-0.2, -0.15) is 4.80 Å². The lowest BCUT2D eigenvalue weighted by atomic mass is 10.1. The van der Waals surface area contributed by atoms with Gasteiger partial charge < -0.3 is 15.2 Å². The third kappa shape index (κ3) is 4.67. The molecule has 4 rings (SSSR count). The molecule has 0 saturated carbocycles. The summed E-state index contributed by atoms with van der Waals surface area (Å²) in [6, 6.07) is 18.1. The third-order valence-electron chi connectivity index (χ3n) is 4.68. The molecule has 156 valence electrons. The molecule has 0 radical (unpaired) electrons. The van der Waals surface area contributed by atoms with Gasteiger partial charge in [0.15, 0.2) is 0 Å². The van der Waals surface area contributed by atoms with E-state index >= 15 is 0 Å². The maximum Gasteiger partial charge on any atom is 0.336 e. The van der Waals surface area contributed by atoms with Crippen LogP contribution in [0.2, 0.25) is 0 Å². The molecule has 9 nitrogen and oxygen atoms in total. The van der Waals surface area contributed by atoms with Gasteiger partial charge in [0.1, 0.15) is 11.6 Å². The SMILES string of the molecule is COc1cc(-c2nnn(Cc3ccccc3C(=O)O)n2)ccc1CNc1ccccn1. The van der Waals surface area contributed by atoms with Crippen molar-refractivity contribution in [3.63, 3.8) is 0 Å². The van der Waals surface area contributed by atoms with E-state index in [-0.39, 0.29) is 12.1 Å². The lowest BCUT2D eigenvalue weighted by Crippen LogP contribution is -2.09. The molecule has 2 aromatic heterocycles. The Balaban J connectivity index is 1.51. The van der Waals surface area contributed by atoms with Crippen LogP contribution in [0, 0.1) is 0 Å². The van der Waals surface area contributed by atoms with Crippen molar-refractivity contribution in [3.05, 3.63) is 83.6 Å². The molecule has 0 unspecified atom stereocenters. The smallest absolute Gasteiger partial charge is 0.336 e. The van der Waals surface area contributed by atoms with E-state index in [9.17, 15) is 9.90 Å². The molecule has 0 bridgehead atoms. The summed E-state index contributed by atoms with van der Waals surface area (Å²) in [5.74, 6) is 0.902. The average molecular weight is 416 g/mol. The van der Waals surface area contributed by atoms with E-state index in [1.54, 1.807) is 37.6 Å². The highest BCUT2D eigenvalue weighted by atomic mass is 16.5. The van der Waals surface area contributed by atoms with Crippen molar-refractivity contribution >= 4 is 11.8 Å². The molecule has 4 aromatic rings. The minimum atomic E-state index is -0.990. The maximum absolute atomic E-state index is 11.4. The van der Waals surface area contributed by atoms with E-state index in [0.717, 1.165) is 16.9 Å². The summed E-state index contributed by atoms with van der Waals surface area (Å²) in [5, 5.41) is 25.2. The van der Waals surface area contributed by atoms with Gasteiger partial charge in [-0.3, -0.25) is 0 Å². The maximum atomic E-state index is 11.4. The topological polar surface area (TPSA) is 115 Å². The van der Waals surface area contributed by atoms with Crippen molar-refractivity contribution in [2.24, 2.45) is 0 Å². The number of carboxylic acid groups (broad SMARTS) is 1. The number of rotatable bonds is 8. The lowest BCUT2D eigenvalue weighted by molar-refractivity contribution is 0.0695. The first-order valence-corrected chi connectivity index (χ1v) is 9.55. The molecule has 2 N–H and O–H groups in total. The molecule has 0 saturated heterocycles. The highest BCUT2D eigenvalue weighted by molar-refractivity contribution is 5.89. The summed E-state index contributed by atoms with van der Waals surface area (Å²) in [5.41, 5.74) is 2.52. The quantitative estimate of drug-likeness (QED) is 0.450. The van der Waals surface area contributed by atoms with Crippen molar-refractivity contribution in [1.82, 2.24) is 25.2 Å². The van der Waals surface area contributed by atoms with Gasteiger partial charge in [0.25, 0.3) is 0 Å². The van der Waals surface area contributed by atoms with Crippen LogP contribution in [0.3, 0.4) is 0 Å². The van der Waals surface area contributed by atoms with Gasteiger partial charge in [-0.05, 0) is 35.0 Å².